The molecular formula is C16H13Br2N. The Morgan fingerprint density at radius 3 is 2.26 bits per heavy atom. The largest absolute Gasteiger partial charge is 0.338 e. The molecule has 1 nitrogen and oxygen atoms in total. The van der Waals surface area contributed by atoms with E-state index in [9.17, 15) is 0 Å². The predicted molar refractivity (Wildman–Crippen MR) is 86.2 cm³/mol. The Labute approximate surface area is 129 Å². The monoisotopic (exact) mass is 377 g/mol. The van der Waals surface area contributed by atoms with Gasteiger partial charge >= 0.3 is 0 Å². The number of hydrogen-bond acceptors (Lipinski definition) is 1. The Balaban J connectivity index is 1.88. The van der Waals surface area contributed by atoms with Crippen LogP contribution in [-0.4, -0.2) is 6.04 Å². The molecule has 1 atom stereocenters. The molecule has 0 radical (unpaired) electrons. The Kier molecular flexibility index (Phi) is 2.75. The molecule has 0 aliphatic carbocycles. The van der Waals surface area contributed by atoms with Gasteiger partial charge in [-0.3, -0.25) is 0 Å². The van der Waals surface area contributed by atoms with Crippen LogP contribution in [0.4, 0.5) is 11.4 Å². The molecule has 0 N–H and O–H groups in total. The van der Waals surface area contributed by atoms with E-state index in [2.05, 4.69) is 73.2 Å². The van der Waals surface area contributed by atoms with E-state index >= 15 is 0 Å². The molecule has 4 rings (SSSR count). The van der Waals surface area contributed by atoms with Crippen molar-refractivity contribution in [3.05, 3.63) is 56.5 Å². The molecule has 3 heteroatoms. The van der Waals surface area contributed by atoms with E-state index in [0.29, 0.717) is 6.04 Å². The molecule has 0 saturated heterocycles. The maximum absolute atomic E-state index is 3.58. The van der Waals surface area contributed by atoms with E-state index in [1.807, 2.05) is 0 Å². The Bertz CT molecular complexity index is 666. The summed E-state index contributed by atoms with van der Waals surface area (Å²) in [6.07, 6.45) is 3.60. The van der Waals surface area contributed by atoms with E-state index in [1.54, 1.807) is 0 Å². The number of fused-ring (bicyclic) bond motifs is 5. The van der Waals surface area contributed by atoms with Gasteiger partial charge in [0, 0.05) is 26.4 Å². The van der Waals surface area contributed by atoms with Crippen LogP contribution in [0.25, 0.3) is 0 Å². The van der Waals surface area contributed by atoms with Crippen molar-refractivity contribution in [3.8, 4) is 0 Å². The lowest BCUT2D eigenvalue weighted by atomic mass is 9.96. The molecular weight excluding hydrogens is 366 g/mol. The normalized spacial score (nSPS) is 19.9. The minimum absolute atomic E-state index is 0.637. The first-order valence-corrected chi connectivity index (χ1v) is 8.17. The summed E-state index contributed by atoms with van der Waals surface area (Å²) < 4.78 is 2.36. The van der Waals surface area contributed by atoms with E-state index < -0.39 is 0 Å². The van der Waals surface area contributed by atoms with Crippen LogP contribution in [0.1, 0.15) is 17.5 Å². The van der Waals surface area contributed by atoms with Gasteiger partial charge in [-0.15, -0.1) is 0 Å². The lowest BCUT2D eigenvalue weighted by Crippen LogP contribution is -2.32. The second kappa shape index (κ2) is 4.35. The summed E-state index contributed by atoms with van der Waals surface area (Å²) in [5.41, 5.74) is 5.70. The highest BCUT2D eigenvalue weighted by Crippen LogP contribution is 2.45. The van der Waals surface area contributed by atoms with Crippen LogP contribution in [-0.2, 0) is 12.8 Å². The zero-order valence-corrected chi connectivity index (χ0v) is 13.5. The predicted octanol–water partition coefficient (Wildman–Crippen LogP) is 5.22. The molecule has 2 aromatic rings. The van der Waals surface area contributed by atoms with E-state index in [-0.39, 0.29) is 0 Å². The van der Waals surface area contributed by atoms with Gasteiger partial charge in [-0.1, -0.05) is 31.9 Å². The first kappa shape index (κ1) is 12.0. The van der Waals surface area contributed by atoms with Crippen LogP contribution < -0.4 is 4.90 Å². The second-order valence-corrected chi connectivity index (χ2v) is 7.14. The summed E-state index contributed by atoms with van der Waals surface area (Å²) in [5, 5.41) is 0. The number of hydrogen-bond donors (Lipinski definition) is 0. The molecule has 0 bridgehead atoms. The molecule has 0 spiro atoms. The van der Waals surface area contributed by atoms with Crippen molar-refractivity contribution in [2.24, 2.45) is 0 Å². The third-order valence-electron chi connectivity index (χ3n) is 4.17. The number of rotatable bonds is 0. The number of halogens is 2. The molecule has 2 aliphatic rings. The zero-order chi connectivity index (χ0) is 13.0. The molecule has 1 unspecified atom stereocenters. The number of nitrogens with zero attached hydrogens (tertiary/aromatic N) is 1. The van der Waals surface area contributed by atoms with Gasteiger partial charge in [0.2, 0.25) is 0 Å². The van der Waals surface area contributed by atoms with Crippen molar-refractivity contribution in [2.45, 2.75) is 25.3 Å². The third-order valence-corrected chi connectivity index (χ3v) is 5.16. The topological polar surface area (TPSA) is 3.24 Å². The van der Waals surface area contributed by atoms with Crippen molar-refractivity contribution in [2.75, 3.05) is 4.90 Å². The fraction of sp³-hybridized carbons (Fsp3) is 0.250. The highest BCUT2D eigenvalue weighted by molar-refractivity contribution is 9.10. The summed E-state index contributed by atoms with van der Waals surface area (Å²) in [7, 11) is 0. The van der Waals surface area contributed by atoms with E-state index in [4.69, 9.17) is 0 Å². The van der Waals surface area contributed by atoms with Crippen molar-refractivity contribution in [1.29, 1.82) is 0 Å². The van der Waals surface area contributed by atoms with E-state index in [0.717, 1.165) is 0 Å². The highest BCUT2D eigenvalue weighted by Gasteiger charge is 2.34. The van der Waals surface area contributed by atoms with Gasteiger partial charge in [-0.25, -0.2) is 0 Å². The summed E-state index contributed by atoms with van der Waals surface area (Å²) in [6.45, 7) is 0. The average Bonchev–Trinajstić information content (AvgIpc) is 2.75. The molecule has 2 aromatic carbocycles. The molecule has 0 amide bonds. The van der Waals surface area contributed by atoms with Crippen LogP contribution in [0.5, 0.6) is 0 Å². The lowest BCUT2D eigenvalue weighted by molar-refractivity contribution is 0.600. The number of aryl methyl sites for hydroxylation is 1. The van der Waals surface area contributed by atoms with Gasteiger partial charge in [-0.05, 0) is 66.8 Å². The molecule has 0 fully saturated rings. The van der Waals surface area contributed by atoms with Gasteiger partial charge in [0.05, 0.1) is 0 Å². The molecule has 96 valence electrons. The third kappa shape index (κ3) is 1.86. The maximum atomic E-state index is 3.58. The van der Waals surface area contributed by atoms with Crippen LogP contribution in [0.2, 0.25) is 0 Å². The Morgan fingerprint density at radius 2 is 1.53 bits per heavy atom. The van der Waals surface area contributed by atoms with Crippen LogP contribution in [0, 0.1) is 0 Å². The first-order valence-electron chi connectivity index (χ1n) is 6.58. The van der Waals surface area contributed by atoms with Gasteiger partial charge in [-0.2, -0.15) is 0 Å². The standard InChI is InChI=1S/C16H13Br2N/c17-12-2-5-15-10(7-12)1-4-14-9-11-8-13(18)3-6-16(11)19(14)15/h2-3,5-8,14H,1,4,9H2. The fourth-order valence-electron chi connectivity index (χ4n) is 3.36. The van der Waals surface area contributed by atoms with Gasteiger partial charge in [0.15, 0.2) is 0 Å². The average molecular weight is 379 g/mol. The molecule has 0 saturated carbocycles. The fourth-order valence-corrected chi connectivity index (χ4v) is 4.18. The number of anilines is 2. The smallest absolute Gasteiger partial charge is 0.0447 e. The molecule has 0 aromatic heterocycles. The molecule has 19 heavy (non-hydrogen) atoms. The van der Waals surface area contributed by atoms with Crippen molar-refractivity contribution in [3.63, 3.8) is 0 Å². The van der Waals surface area contributed by atoms with Gasteiger partial charge < -0.3 is 4.90 Å². The van der Waals surface area contributed by atoms with E-state index in [1.165, 1.54) is 50.7 Å². The highest BCUT2D eigenvalue weighted by atomic mass is 79.9. The number of benzene rings is 2. The Morgan fingerprint density at radius 1 is 0.895 bits per heavy atom. The van der Waals surface area contributed by atoms with Crippen molar-refractivity contribution >= 4 is 43.2 Å². The van der Waals surface area contributed by atoms with Gasteiger partial charge in [0.25, 0.3) is 0 Å². The van der Waals surface area contributed by atoms with Crippen molar-refractivity contribution < 1.29 is 0 Å². The zero-order valence-electron chi connectivity index (χ0n) is 10.4. The van der Waals surface area contributed by atoms with Crippen molar-refractivity contribution in [1.82, 2.24) is 0 Å². The lowest BCUT2D eigenvalue weighted by Gasteiger charge is -2.34. The SMILES string of the molecule is Brc1ccc2c(c1)CCC1Cc3cc(Br)ccc3N21. The maximum Gasteiger partial charge on any atom is 0.0447 e. The first-order chi connectivity index (χ1) is 9.22. The summed E-state index contributed by atoms with van der Waals surface area (Å²) >= 11 is 7.16. The second-order valence-electron chi connectivity index (χ2n) is 5.31. The summed E-state index contributed by atoms with van der Waals surface area (Å²) in [4.78, 5) is 2.53. The summed E-state index contributed by atoms with van der Waals surface area (Å²) in [5.74, 6) is 0. The Hall–Kier alpha value is -0.800. The van der Waals surface area contributed by atoms with Crippen LogP contribution in [0.3, 0.4) is 0 Å². The van der Waals surface area contributed by atoms with Gasteiger partial charge in [0.1, 0.15) is 0 Å². The minimum Gasteiger partial charge on any atom is -0.338 e. The summed E-state index contributed by atoms with van der Waals surface area (Å²) in [6, 6.07) is 14.0. The van der Waals surface area contributed by atoms with Crippen LogP contribution >= 0.6 is 31.9 Å². The minimum atomic E-state index is 0.637. The van der Waals surface area contributed by atoms with Crippen LogP contribution in [0.15, 0.2) is 45.3 Å². The quantitative estimate of drug-likeness (QED) is 0.607. The molecule has 2 heterocycles. The molecule has 2 aliphatic heterocycles.